The molecule has 0 bridgehead atoms. The van der Waals surface area contributed by atoms with Crippen LogP contribution in [0.3, 0.4) is 0 Å². The second kappa shape index (κ2) is 6.98. The van der Waals surface area contributed by atoms with E-state index in [-0.39, 0.29) is 17.5 Å². The standard InChI is InChI=1S/C18H18N2O3S/c21-13-17-11-19-18(20(17)12-15-7-3-1-4-8-15)24(22,23)14-16-9-5-2-6-10-16/h1-11,21H,12-14H2. The molecule has 0 fully saturated rings. The molecule has 0 saturated carbocycles. The van der Waals surface area contributed by atoms with Gasteiger partial charge in [0.25, 0.3) is 0 Å². The highest BCUT2D eigenvalue weighted by Gasteiger charge is 2.23. The summed E-state index contributed by atoms with van der Waals surface area (Å²) in [6, 6.07) is 18.5. The van der Waals surface area contributed by atoms with E-state index < -0.39 is 9.84 Å². The molecule has 24 heavy (non-hydrogen) atoms. The molecule has 3 rings (SSSR count). The molecular formula is C18H18N2O3S. The van der Waals surface area contributed by atoms with Crippen LogP contribution in [0.5, 0.6) is 0 Å². The molecule has 124 valence electrons. The smallest absolute Gasteiger partial charge is 0.228 e. The van der Waals surface area contributed by atoms with Crippen LogP contribution >= 0.6 is 0 Å². The second-order valence-electron chi connectivity index (χ2n) is 5.51. The monoisotopic (exact) mass is 342 g/mol. The quantitative estimate of drug-likeness (QED) is 0.747. The highest BCUT2D eigenvalue weighted by atomic mass is 32.2. The Balaban J connectivity index is 1.97. The van der Waals surface area contributed by atoms with E-state index in [0.29, 0.717) is 17.8 Å². The first-order chi connectivity index (χ1) is 11.6. The van der Waals surface area contributed by atoms with E-state index in [1.165, 1.54) is 6.20 Å². The maximum atomic E-state index is 12.8. The molecule has 5 nitrogen and oxygen atoms in total. The summed E-state index contributed by atoms with van der Waals surface area (Å²) in [5, 5.41) is 9.50. The van der Waals surface area contributed by atoms with Crippen molar-refractivity contribution >= 4 is 9.84 Å². The molecule has 3 aromatic rings. The molecule has 2 aromatic carbocycles. The minimum absolute atomic E-state index is 0.0146. The van der Waals surface area contributed by atoms with Crippen LogP contribution in [0.1, 0.15) is 16.8 Å². The first kappa shape index (κ1) is 16.4. The number of aliphatic hydroxyl groups excluding tert-OH is 1. The van der Waals surface area contributed by atoms with Crippen molar-refractivity contribution < 1.29 is 13.5 Å². The lowest BCUT2D eigenvalue weighted by Crippen LogP contribution is -2.15. The van der Waals surface area contributed by atoms with Crippen molar-refractivity contribution in [3.05, 3.63) is 83.7 Å². The second-order valence-corrected chi connectivity index (χ2v) is 7.39. The maximum absolute atomic E-state index is 12.8. The van der Waals surface area contributed by atoms with Gasteiger partial charge in [0.1, 0.15) is 0 Å². The lowest BCUT2D eigenvalue weighted by molar-refractivity contribution is 0.270. The Labute approximate surface area is 141 Å². The fraction of sp³-hybridized carbons (Fsp3) is 0.167. The van der Waals surface area contributed by atoms with Crippen molar-refractivity contribution in [2.45, 2.75) is 24.1 Å². The van der Waals surface area contributed by atoms with Gasteiger partial charge in [0.05, 0.1) is 30.8 Å². The van der Waals surface area contributed by atoms with Crippen LogP contribution in [0.2, 0.25) is 0 Å². The Morgan fingerprint density at radius 1 is 0.917 bits per heavy atom. The van der Waals surface area contributed by atoms with Gasteiger partial charge in [-0.3, -0.25) is 0 Å². The van der Waals surface area contributed by atoms with Crippen LogP contribution in [-0.4, -0.2) is 23.1 Å². The van der Waals surface area contributed by atoms with Gasteiger partial charge in [0.2, 0.25) is 15.0 Å². The lowest BCUT2D eigenvalue weighted by atomic mass is 10.2. The number of imidazole rings is 1. The Morgan fingerprint density at radius 2 is 1.50 bits per heavy atom. The summed E-state index contributed by atoms with van der Waals surface area (Å²) >= 11 is 0. The highest BCUT2D eigenvalue weighted by molar-refractivity contribution is 7.90. The van der Waals surface area contributed by atoms with E-state index >= 15 is 0 Å². The summed E-state index contributed by atoms with van der Waals surface area (Å²) in [6.07, 6.45) is 1.42. The van der Waals surface area contributed by atoms with E-state index in [4.69, 9.17) is 0 Å². The number of sulfone groups is 1. The van der Waals surface area contributed by atoms with Crippen molar-refractivity contribution in [2.24, 2.45) is 0 Å². The normalized spacial score (nSPS) is 11.5. The Kier molecular flexibility index (Phi) is 4.78. The fourth-order valence-corrected chi connectivity index (χ4v) is 4.05. The molecule has 0 aliphatic heterocycles. The summed E-state index contributed by atoms with van der Waals surface area (Å²) in [5.41, 5.74) is 2.13. The molecule has 0 spiro atoms. The molecular weight excluding hydrogens is 324 g/mol. The van der Waals surface area contributed by atoms with E-state index in [0.717, 1.165) is 5.56 Å². The number of hydrogen-bond donors (Lipinski definition) is 1. The Bertz CT molecular complexity index is 904. The molecule has 0 radical (unpaired) electrons. The summed E-state index contributed by atoms with van der Waals surface area (Å²) in [5.74, 6) is -0.121. The summed E-state index contributed by atoms with van der Waals surface area (Å²) in [4.78, 5) is 4.07. The molecule has 0 atom stereocenters. The van der Waals surface area contributed by atoms with Crippen LogP contribution in [0.25, 0.3) is 0 Å². The van der Waals surface area contributed by atoms with E-state index in [9.17, 15) is 13.5 Å². The van der Waals surface area contributed by atoms with Gasteiger partial charge in [0.15, 0.2) is 0 Å². The van der Waals surface area contributed by atoms with Crippen molar-refractivity contribution in [3.63, 3.8) is 0 Å². The van der Waals surface area contributed by atoms with Crippen LogP contribution < -0.4 is 0 Å². The largest absolute Gasteiger partial charge is 0.390 e. The molecule has 0 aliphatic rings. The third kappa shape index (κ3) is 3.55. The van der Waals surface area contributed by atoms with Crippen molar-refractivity contribution in [2.75, 3.05) is 0 Å². The molecule has 1 heterocycles. The van der Waals surface area contributed by atoms with Crippen molar-refractivity contribution in [1.82, 2.24) is 9.55 Å². The first-order valence-electron chi connectivity index (χ1n) is 7.56. The zero-order valence-corrected chi connectivity index (χ0v) is 13.9. The van der Waals surface area contributed by atoms with Crippen molar-refractivity contribution in [3.8, 4) is 0 Å². The molecule has 0 aliphatic carbocycles. The maximum Gasteiger partial charge on any atom is 0.228 e. The predicted octanol–water partition coefficient (Wildman–Crippen LogP) is 2.40. The van der Waals surface area contributed by atoms with Gasteiger partial charge in [-0.2, -0.15) is 0 Å². The van der Waals surface area contributed by atoms with Gasteiger partial charge in [-0.05, 0) is 11.1 Å². The zero-order chi connectivity index (χ0) is 17.0. The SMILES string of the molecule is O=S(=O)(Cc1ccccc1)c1ncc(CO)n1Cc1ccccc1. The van der Waals surface area contributed by atoms with Gasteiger partial charge in [0, 0.05) is 0 Å². The fourth-order valence-electron chi connectivity index (χ4n) is 2.56. The third-order valence-electron chi connectivity index (χ3n) is 3.72. The number of rotatable bonds is 6. The lowest BCUT2D eigenvalue weighted by Gasteiger charge is -2.11. The topological polar surface area (TPSA) is 72.2 Å². The van der Waals surface area contributed by atoms with Gasteiger partial charge in [-0.15, -0.1) is 0 Å². The van der Waals surface area contributed by atoms with Crippen molar-refractivity contribution in [1.29, 1.82) is 0 Å². The van der Waals surface area contributed by atoms with E-state index in [1.807, 2.05) is 36.4 Å². The summed E-state index contributed by atoms with van der Waals surface area (Å²) in [6.45, 7) is 0.0841. The number of aromatic nitrogens is 2. The summed E-state index contributed by atoms with van der Waals surface area (Å²) < 4.78 is 27.1. The number of nitrogens with zero attached hydrogens (tertiary/aromatic N) is 2. The minimum Gasteiger partial charge on any atom is -0.390 e. The number of hydrogen-bond acceptors (Lipinski definition) is 4. The molecule has 1 N–H and O–H groups in total. The molecule has 0 amide bonds. The van der Waals surface area contributed by atoms with Gasteiger partial charge in [-0.25, -0.2) is 13.4 Å². The average Bonchev–Trinajstić information content (AvgIpc) is 3.00. The summed E-state index contributed by atoms with van der Waals surface area (Å²) in [7, 11) is -3.61. The number of benzene rings is 2. The van der Waals surface area contributed by atoms with Gasteiger partial charge < -0.3 is 9.67 Å². The Morgan fingerprint density at radius 3 is 2.08 bits per heavy atom. The van der Waals surface area contributed by atoms with Gasteiger partial charge >= 0.3 is 0 Å². The van der Waals surface area contributed by atoms with E-state index in [1.54, 1.807) is 28.8 Å². The first-order valence-corrected chi connectivity index (χ1v) is 9.21. The molecule has 1 aromatic heterocycles. The van der Waals surface area contributed by atoms with Crippen LogP contribution in [0.15, 0.2) is 72.0 Å². The number of aliphatic hydroxyl groups is 1. The van der Waals surface area contributed by atoms with E-state index in [2.05, 4.69) is 4.98 Å². The van der Waals surface area contributed by atoms with Crippen LogP contribution in [-0.2, 0) is 28.7 Å². The predicted molar refractivity (Wildman–Crippen MR) is 91.0 cm³/mol. The molecule has 0 saturated heterocycles. The highest BCUT2D eigenvalue weighted by Crippen LogP contribution is 2.19. The third-order valence-corrected chi connectivity index (χ3v) is 5.32. The Hall–Kier alpha value is -2.44. The van der Waals surface area contributed by atoms with Crippen LogP contribution in [0, 0.1) is 0 Å². The average molecular weight is 342 g/mol. The zero-order valence-electron chi connectivity index (χ0n) is 13.0. The van der Waals surface area contributed by atoms with Gasteiger partial charge in [-0.1, -0.05) is 60.7 Å². The molecule has 0 unspecified atom stereocenters. The molecule has 6 heteroatoms. The minimum atomic E-state index is -3.61. The van der Waals surface area contributed by atoms with Crippen LogP contribution in [0.4, 0.5) is 0 Å².